The molecule has 0 radical (unpaired) electrons. The van der Waals surface area contributed by atoms with E-state index in [1.165, 1.54) is 0 Å². The van der Waals surface area contributed by atoms with Gasteiger partial charge in [0, 0.05) is 12.5 Å². The number of benzene rings is 3. The SMILES string of the molecule is O=C(O)COCCNC(=O)[C@@H](NC(=O)OCC1c2ccccc2-c2ccccc21)c1ccccc1. The number of hydrogen-bond donors (Lipinski definition) is 3. The highest BCUT2D eigenvalue weighted by molar-refractivity contribution is 5.87. The molecule has 8 heteroatoms. The summed E-state index contributed by atoms with van der Waals surface area (Å²) in [5, 5.41) is 13.9. The number of nitrogens with one attached hydrogen (secondary N) is 2. The number of carbonyl (C=O) groups is 3. The quantitative estimate of drug-likeness (QED) is 0.388. The number of hydrogen-bond acceptors (Lipinski definition) is 5. The van der Waals surface area contributed by atoms with Crippen molar-refractivity contribution in [2.75, 3.05) is 26.4 Å². The largest absolute Gasteiger partial charge is 0.480 e. The lowest BCUT2D eigenvalue weighted by molar-refractivity contribution is -0.142. The van der Waals surface area contributed by atoms with Gasteiger partial charge in [0.25, 0.3) is 0 Å². The maximum atomic E-state index is 12.8. The highest BCUT2D eigenvalue weighted by Gasteiger charge is 2.30. The van der Waals surface area contributed by atoms with Crippen LogP contribution >= 0.6 is 0 Å². The molecule has 1 aliphatic rings. The van der Waals surface area contributed by atoms with E-state index in [0.717, 1.165) is 22.3 Å². The minimum atomic E-state index is -1.09. The van der Waals surface area contributed by atoms with Gasteiger partial charge < -0.3 is 25.2 Å². The third-order valence-corrected chi connectivity index (χ3v) is 5.77. The van der Waals surface area contributed by atoms with Gasteiger partial charge in [-0.1, -0.05) is 78.9 Å². The molecule has 35 heavy (non-hydrogen) atoms. The summed E-state index contributed by atoms with van der Waals surface area (Å²) in [7, 11) is 0. The molecule has 4 rings (SSSR count). The summed E-state index contributed by atoms with van der Waals surface area (Å²) in [5.74, 6) is -1.64. The van der Waals surface area contributed by atoms with Crippen molar-refractivity contribution in [1.29, 1.82) is 0 Å². The van der Waals surface area contributed by atoms with Crippen molar-refractivity contribution >= 4 is 18.0 Å². The number of carboxylic acid groups (broad SMARTS) is 1. The fourth-order valence-corrected chi connectivity index (χ4v) is 4.21. The van der Waals surface area contributed by atoms with Gasteiger partial charge in [-0.15, -0.1) is 0 Å². The smallest absolute Gasteiger partial charge is 0.408 e. The van der Waals surface area contributed by atoms with Gasteiger partial charge in [0.15, 0.2) is 0 Å². The van der Waals surface area contributed by atoms with Crippen molar-refractivity contribution in [2.24, 2.45) is 0 Å². The van der Waals surface area contributed by atoms with E-state index < -0.39 is 30.6 Å². The highest BCUT2D eigenvalue weighted by Crippen LogP contribution is 2.44. The number of carbonyl (C=O) groups excluding carboxylic acids is 2. The number of rotatable bonds is 10. The van der Waals surface area contributed by atoms with Crippen molar-refractivity contribution in [3.8, 4) is 11.1 Å². The van der Waals surface area contributed by atoms with E-state index in [-0.39, 0.29) is 25.7 Å². The predicted molar refractivity (Wildman–Crippen MR) is 129 cm³/mol. The first-order chi connectivity index (χ1) is 17.0. The Balaban J connectivity index is 1.39. The van der Waals surface area contributed by atoms with Crippen molar-refractivity contribution in [1.82, 2.24) is 10.6 Å². The lowest BCUT2D eigenvalue weighted by atomic mass is 9.98. The number of alkyl carbamates (subject to hydrolysis) is 1. The van der Waals surface area contributed by atoms with E-state index in [9.17, 15) is 14.4 Å². The summed E-state index contributed by atoms with van der Waals surface area (Å²) in [6.07, 6.45) is -0.710. The second-order valence-corrected chi connectivity index (χ2v) is 8.05. The van der Waals surface area contributed by atoms with E-state index in [4.69, 9.17) is 14.6 Å². The van der Waals surface area contributed by atoms with Crippen molar-refractivity contribution in [3.05, 3.63) is 95.6 Å². The van der Waals surface area contributed by atoms with Crippen LogP contribution in [0.25, 0.3) is 11.1 Å². The van der Waals surface area contributed by atoms with Crippen LogP contribution in [0.15, 0.2) is 78.9 Å². The summed E-state index contributed by atoms with van der Waals surface area (Å²) in [6, 6.07) is 23.9. The number of ether oxygens (including phenoxy) is 2. The molecule has 0 aliphatic heterocycles. The van der Waals surface area contributed by atoms with Gasteiger partial charge in [-0.25, -0.2) is 9.59 Å². The lowest BCUT2D eigenvalue weighted by Gasteiger charge is -2.20. The lowest BCUT2D eigenvalue weighted by Crippen LogP contribution is -2.42. The van der Waals surface area contributed by atoms with Gasteiger partial charge >= 0.3 is 12.1 Å². The monoisotopic (exact) mass is 474 g/mol. The molecule has 0 saturated heterocycles. The van der Waals surface area contributed by atoms with Crippen LogP contribution < -0.4 is 10.6 Å². The molecule has 0 fully saturated rings. The molecule has 1 atom stereocenters. The summed E-state index contributed by atoms with van der Waals surface area (Å²) < 4.78 is 10.5. The molecule has 2 amide bonds. The molecule has 0 spiro atoms. The number of carboxylic acids is 1. The zero-order chi connectivity index (χ0) is 24.6. The van der Waals surface area contributed by atoms with Crippen LogP contribution in [0.2, 0.25) is 0 Å². The number of aliphatic carboxylic acids is 1. The molecule has 0 unspecified atom stereocenters. The molecule has 0 bridgehead atoms. The fourth-order valence-electron chi connectivity index (χ4n) is 4.21. The second kappa shape index (κ2) is 11.3. The van der Waals surface area contributed by atoms with Gasteiger partial charge in [0.2, 0.25) is 5.91 Å². The third kappa shape index (κ3) is 5.85. The maximum absolute atomic E-state index is 12.8. The zero-order valence-corrected chi connectivity index (χ0v) is 19.0. The summed E-state index contributed by atoms with van der Waals surface area (Å²) >= 11 is 0. The molecule has 0 saturated carbocycles. The second-order valence-electron chi connectivity index (χ2n) is 8.05. The van der Waals surface area contributed by atoms with Gasteiger partial charge in [-0.05, 0) is 27.8 Å². The van der Waals surface area contributed by atoms with Crippen LogP contribution in [0.4, 0.5) is 4.79 Å². The van der Waals surface area contributed by atoms with Crippen molar-refractivity contribution < 1.29 is 29.0 Å². The van der Waals surface area contributed by atoms with Crippen LogP contribution in [0, 0.1) is 0 Å². The Morgan fingerprint density at radius 2 is 1.46 bits per heavy atom. The molecule has 3 N–H and O–H groups in total. The Labute approximate surface area is 202 Å². The third-order valence-electron chi connectivity index (χ3n) is 5.77. The van der Waals surface area contributed by atoms with Gasteiger partial charge in [0.05, 0.1) is 6.61 Å². The maximum Gasteiger partial charge on any atom is 0.408 e. The zero-order valence-electron chi connectivity index (χ0n) is 19.0. The molecular formula is C27H26N2O6. The molecule has 0 heterocycles. The molecular weight excluding hydrogens is 448 g/mol. The summed E-state index contributed by atoms with van der Waals surface area (Å²) in [6.45, 7) is -0.186. The van der Waals surface area contributed by atoms with Crippen LogP contribution in [-0.2, 0) is 19.1 Å². The Kier molecular flexibility index (Phi) is 7.74. The Morgan fingerprint density at radius 3 is 2.09 bits per heavy atom. The van der Waals surface area contributed by atoms with Gasteiger partial charge in [-0.2, -0.15) is 0 Å². The standard InChI is InChI=1S/C27H26N2O6/c30-24(31)17-34-15-14-28-26(32)25(18-8-2-1-3-9-18)29-27(33)35-16-23-21-12-6-4-10-19(21)20-11-5-7-13-22(20)23/h1-13,23,25H,14-17H2,(H,28,32)(H,29,33)(H,30,31)/t25-/m0/s1. The Hall–Kier alpha value is -4.17. The van der Waals surface area contributed by atoms with Crippen LogP contribution in [0.5, 0.6) is 0 Å². The van der Waals surface area contributed by atoms with E-state index >= 15 is 0 Å². The van der Waals surface area contributed by atoms with E-state index in [2.05, 4.69) is 22.8 Å². The Bertz CT molecular complexity index is 1150. The normalized spacial score (nSPS) is 12.8. The minimum absolute atomic E-state index is 0.0322. The van der Waals surface area contributed by atoms with E-state index in [1.807, 2.05) is 42.5 Å². The van der Waals surface area contributed by atoms with Crippen LogP contribution in [0.1, 0.15) is 28.7 Å². The average molecular weight is 475 g/mol. The minimum Gasteiger partial charge on any atom is -0.480 e. The first kappa shape index (κ1) is 24.0. The first-order valence-corrected chi connectivity index (χ1v) is 11.3. The molecule has 3 aromatic rings. The molecule has 180 valence electrons. The van der Waals surface area contributed by atoms with Crippen LogP contribution in [-0.4, -0.2) is 49.4 Å². The Morgan fingerprint density at radius 1 is 0.857 bits per heavy atom. The summed E-state index contributed by atoms with van der Waals surface area (Å²) in [4.78, 5) is 36.1. The predicted octanol–water partition coefficient (Wildman–Crippen LogP) is 3.48. The number of fused-ring (bicyclic) bond motifs is 3. The highest BCUT2D eigenvalue weighted by atomic mass is 16.5. The van der Waals surface area contributed by atoms with Crippen molar-refractivity contribution in [3.63, 3.8) is 0 Å². The number of amides is 2. The topological polar surface area (TPSA) is 114 Å². The molecule has 8 nitrogen and oxygen atoms in total. The molecule has 0 aromatic heterocycles. The molecule has 1 aliphatic carbocycles. The first-order valence-electron chi connectivity index (χ1n) is 11.3. The van der Waals surface area contributed by atoms with E-state index in [1.54, 1.807) is 24.3 Å². The van der Waals surface area contributed by atoms with Crippen LogP contribution in [0.3, 0.4) is 0 Å². The van der Waals surface area contributed by atoms with Crippen molar-refractivity contribution in [2.45, 2.75) is 12.0 Å². The van der Waals surface area contributed by atoms with Gasteiger partial charge in [0.1, 0.15) is 19.3 Å². The summed E-state index contributed by atoms with van der Waals surface area (Å²) in [5.41, 5.74) is 5.04. The van der Waals surface area contributed by atoms with Gasteiger partial charge in [-0.3, -0.25) is 4.79 Å². The molecule has 3 aromatic carbocycles. The van der Waals surface area contributed by atoms with E-state index in [0.29, 0.717) is 5.56 Å². The fraction of sp³-hybridized carbons (Fsp3) is 0.222. The average Bonchev–Trinajstić information content (AvgIpc) is 3.19.